The summed E-state index contributed by atoms with van der Waals surface area (Å²) in [4.78, 5) is 0. The number of halogens is 3. The smallest absolute Gasteiger partial charge is 0.101 e. The number of hydrogen-bond acceptors (Lipinski definition) is 1. The normalized spacial score (nSPS) is 9.50. The molecule has 0 saturated carbocycles. The van der Waals surface area contributed by atoms with Gasteiger partial charge in [0.1, 0.15) is 6.07 Å². The summed E-state index contributed by atoms with van der Waals surface area (Å²) in [6.07, 6.45) is 0. The molecule has 0 aromatic heterocycles. The lowest BCUT2D eigenvalue weighted by Gasteiger charge is -2.00. The van der Waals surface area contributed by atoms with Crippen LogP contribution in [-0.4, -0.2) is 0 Å². The van der Waals surface area contributed by atoms with Gasteiger partial charge in [0.2, 0.25) is 0 Å². The number of alkyl halides is 1. The van der Waals surface area contributed by atoms with E-state index in [1.165, 1.54) is 0 Å². The Labute approximate surface area is 85.5 Å². The van der Waals surface area contributed by atoms with E-state index in [1.54, 1.807) is 12.1 Å². The van der Waals surface area contributed by atoms with Gasteiger partial charge in [0.15, 0.2) is 0 Å². The van der Waals surface area contributed by atoms with Gasteiger partial charge in [0.05, 0.1) is 15.6 Å². The van der Waals surface area contributed by atoms with Gasteiger partial charge in [0.25, 0.3) is 0 Å². The van der Waals surface area contributed by atoms with Crippen LogP contribution >= 0.6 is 34.8 Å². The summed E-state index contributed by atoms with van der Waals surface area (Å²) < 4.78 is 0. The van der Waals surface area contributed by atoms with Crippen molar-refractivity contribution in [1.29, 1.82) is 5.26 Å². The summed E-state index contributed by atoms with van der Waals surface area (Å²) in [5, 5.41) is 9.28. The zero-order chi connectivity index (χ0) is 9.14. The molecule has 12 heavy (non-hydrogen) atoms. The topological polar surface area (TPSA) is 23.8 Å². The van der Waals surface area contributed by atoms with E-state index in [4.69, 9.17) is 40.1 Å². The summed E-state index contributed by atoms with van der Waals surface area (Å²) in [5.74, 6) is 0.325. The molecule has 62 valence electrons. The van der Waals surface area contributed by atoms with E-state index in [-0.39, 0.29) is 5.02 Å². The van der Waals surface area contributed by atoms with Crippen LogP contribution in [0, 0.1) is 11.3 Å². The summed E-state index contributed by atoms with van der Waals surface area (Å²) in [6.45, 7) is 0. The second-order valence-electron chi connectivity index (χ2n) is 2.18. The van der Waals surface area contributed by atoms with E-state index in [1.807, 2.05) is 6.07 Å². The predicted octanol–water partition coefficient (Wildman–Crippen LogP) is 3.60. The van der Waals surface area contributed by atoms with Gasteiger partial charge in [-0.2, -0.15) is 5.26 Å². The van der Waals surface area contributed by atoms with Crippen molar-refractivity contribution in [2.24, 2.45) is 0 Å². The minimum atomic E-state index is 0.285. The molecule has 1 aromatic carbocycles. The molecule has 1 rings (SSSR count). The zero-order valence-corrected chi connectivity index (χ0v) is 8.21. The Morgan fingerprint density at radius 2 is 2.00 bits per heavy atom. The number of hydrogen-bond donors (Lipinski definition) is 0. The van der Waals surface area contributed by atoms with Crippen molar-refractivity contribution in [1.82, 2.24) is 0 Å². The maximum atomic E-state index is 8.63. The molecule has 0 saturated heterocycles. The Kier molecular flexibility index (Phi) is 3.22. The fourth-order valence-corrected chi connectivity index (χ4v) is 1.35. The van der Waals surface area contributed by atoms with Crippen LogP contribution < -0.4 is 0 Å². The van der Waals surface area contributed by atoms with Crippen LogP contribution in [0.5, 0.6) is 0 Å². The molecule has 0 atom stereocenters. The fourth-order valence-electron chi connectivity index (χ4n) is 0.804. The van der Waals surface area contributed by atoms with E-state index in [0.717, 1.165) is 5.56 Å². The quantitative estimate of drug-likeness (QED) is 0.663. The molecule has 0 aliphatic carbocycles. The monoisotopic (exact) mass is 219 g/mol. The first-order chi connectivity index (χ1) is 5.69. The molecular formula is C8H4Cl3N. The van der Waals surface area contributed by atoms with Crippen molar-refractivity contribution in [3.05, 3.63) is 33.3 Å². The first-order valence-corrected chi connectivity index (χ1v) is 4.42. The summed E-state index contributed by atoms with van der Waals surface area (Å²) in [7, 11) is 0. The van der Waals surface area contributed by atoms with Gasteiger partial charge in [-0.1, -0.05) is 23.2 Å². The van der Waals surface area contributed by atoms with Crippen molar-refractivity contribution < 1.29 is 0 Å². The number of rotatable bonds is 1. The van der Waals surface area contributed by atoms with Crippen LogP contribution in [0.1, 0.15) is 11.1 Å². The zero-order valence-electron chi connectivity index (χ0n) is 5.94. The molecule has 0 aliphatic rings. The lowest BCUT2D eigenvalue weighted by molar-refractivity contribution is 1.38. The molecule has 0 N–H and O–H groups in total. The SMILES string of the molecule is N#Cc1cc(CCl)cc(Cl)c1Cl. The van der Waals surface area contributed by atoms with Gasteiger partial charge in [-0.05, 0) is 17.7 Å². The summed E-state index contributed by atoms with van der Waals surface area (Å²) in [5.41, 5.74) is 1.16. The minimum Gasteiger partial charge on any atom is -0.192 e. The van der Waals surface area contributed by atoms with Gasteiger partial charge >= 0.3 is 0 Å². The van der Waals surface area contributed by atoms with Crippen LogP contribution in [-0.2, 0) is 5.88 Å². The Balaban J connectivity index is 3.31. The minimum absolute atomic E-state index is 0.285. The van der Waals surface area contributed by atoms with Crippen LogP contribution in [0.2, 0.25) is 10.0 Å². The van der Waals surface area contributed by atoms with Crippen molar-refractivity contribution in [3.63, 3.8) is 0 Å². The third kappa shape index (κ3) is 1.84. The molecule has 0 heterocycles. The lowest BCUT2D eigenvalue weighted by Crippen LogP contribution is -1.84. The van der Waals surface area contributed by atoms with Crippen molar-refractivity contribution in [2.75, 3.05) is 0 Å². The number of nitriles is 1. The molecule has 0 fully saturated rings. The van der Waals surface area contributed by atoms with Crippen LogP contribution in [0.3, 0.4) is 0 Å². The Morgan fingerprint density at radius 3 is 2.50 bits per heavy atom. The van der Waals surface area contributed by atoms with Gasteiger partial charge in [-0.25, -0.2) is 0 Å². The maximum absolute atomic E-state index is 8.63. The average Bonchev–Trinajstić information content (AvgIpc) is 2.09. The fraction of sp³-hybridized carbons (Fsp3) is 0.125. The molecule has 4 heteroatoms. The molecule has 0 aliphatic heterocycles. The largest absolute Gasteiger partial charge is 0.192 e. The highest BCUT2D eigenvalue weighted by molar-refractivity contribution is 6.42. The van der Waals surface area contributed by atoms with Crippen molar-refractivity contribution in [2.45, 2.75) is 5.88 Å². The van der Waals surface area contributed by atoms with Crippen LogP contribution in [0.4, 0.5) is 0 Å². The van der Waals surface area contributed by atoms with E-state index in [2.05, 4.69) is 0 Å². The van der Waals surface area contributed by atoms with E-state index in [0.29, 0.717) is 16.5 Å². The molecule has 0 spiro atoms. The van der Waals surface area contributed by atoms with Crippen LogP contribution in [0.25, 0.3) is 0 Å². The van der Waals surface area contributed by atoms with Crippen molar-refractivity contribution >= 4 is 34.8 Å². The molecule has 1 nitrogen and oxygen atoms in total. The molecule has 1 aromatic rings. The Morgan fingerprint density at radius 1 is 1.33 bits per heavy atom. The highest BCUT2D eigenvalue weighted by Crippen LogP contribution is 2.27. The molecular weight excluding hydrogens is 216 g/mol. The van der Waals surface area contributed by atoms with Gasteiger partial charge in [-0.3, -0.25) is 0 Å². The van der Waals surface area contributed by atoms with E-state index >= 15 is 0 Å². The summed E-state index contributed by atoms with van der Waals surface area (Å²) in [6, 6.07) is 5.21. The van der Waals surface area contributed by atoms with Gasteiger partial charge in [0, 0.05) is 5.88 Å². The third-order valence-electron chi connectivity index (χ3n) is 1.36. The second kappa shape index (κ2) is 4.00. The third-order valence-corrected chi connectivity index (χ3v) is 2.47. The standard InChI is InChI=1S/C8H4Cl3N/c9-3-5-1-6(4-12)8(11)7(10)2-5/h1-2H,3H2. The van der Waals surface area contributed by atoms with E-state index < -0.39 is 0 Å². The number of benzene rings is 1. The highest BCUT2D eigenvalue weighted by atomic mass is 35.5. The Hall–Kier alpha value is -0.420. The second-order valence-corrected chi connectivity index (χ2v) is 3.24. The summed E-state index contributed by atoms with van der Waals surface area (Å²) >= 11 is 17.0. The molecule has 0 bridgehead atoms. The molecule has 0 unspecified atom stereocenters. The highest BCUT2D eigenvalue weighted by Gasteiger charge is 2.05. The molecule has 0 radical (unpaired) electrons. The van der Waals surface area contributed by atoms with E-state index in [9.17, 15) is 0 Å². The van der Waals surface area contributed by atoms with Gasteiger partial charge < -0.3 is 0 Å². The van der Waals surface area contributed by atoms with Gasteiger partial charge in [-0.15, -0.1) is 11.6 Å². The molecule has 0 amide bonds. The number of nitrogens with zero attached hydrogens (tertiary/aromatic N) is 1. The van der Waals surface area contributed by atoms with Crippen molar-refractivity contribution in [3.8, 4) is 6.07 Å². The average molecular weight is 220 g/mol. The first-order valence-electron chi connectivity index (χ1n) is 3.13. The lowest BCUT2D eigenvalue weighted by atomic mass is 10.1. The van der Waals surface area contributed by atoms with Crippen LogP contribution in [0.15, 0.2) is 12.1 Å². The predicted molar refractivity (Wildman–Crippen MR) is 50.7 cm³/mol. The first kappa shape index (κ1) is 9.67. The maximum Gasteiger partial charge on any atom is 0.101 e. The Bertz CT molecular complexity index is 341.